The Labute approximate surface area is 190 Å². The van der Waals surface area contributed by atoms with Crippen LogP contribution in [0.3, 0.4) is 0 Å². The number of piperidine rings is 1. The van der Waals surface area contributed by atoms with Crippen molar-refractivity contribution in [2.45, 2.75) is 63.4 Å². The summed E-state index contributed by atoms with van der Waals surface area (Å²) < 4.78 is 19.1. The Kier molecular flexibility index (Phi) is 7.14. The van der Waals surface area contributed by atoms with E-state index < -0.39 is 0 Å². The number of ether oxygens (including phenoxy) is 1. The fraction of sp³-hybridized carbons (Fsp3) is 0.519. The highest BCUT2D eigenvalue weighted by Crippen LogP contribution is 2.42. The average molecular weight is 440 g/mol. The van der Waals surface area contributed by atoms with Crippen LogP contribution in [0, 0.1) is 11.7 Å². The highest BCUT2D eigenvalue weighted by atomic mass is 19.1. The number of hydrogen-bond donors (Lipinski definition) is 1. The van der Waals surface area contributed by atoms with Crippen molar-refractivity contribution in [3.05, 3.63) is 65.0 Å². The zero-order valence-electron chi connectivity index (χ0n) is 19.1. The van der Waals surface area contributed by atoms with Gasteiger partial charge in [-0.05, 0) is 91.7 Å². The van der Waals surface area contributed by atoms with Crippen molar-refractivity contribution in [2.24, 2.45) is 5.92 Å². The first-order chi connectivity index (χ1) is 15.4. The number of halogens is 1. The van der Waals surface area contributed by atoms with E-state index in [1.54, 1.807) is 13.2 Å². The van der Waals surface area contributed by atoms with Crippen LogP contribution in [-0.4, -0.2) is 42.2 Å². The standard InChI is InChI=1S/C27H34FNO3/c1-18(23-15-24(28)17-26(16-23)32-2)13-19-3-4-22(14-19)20-5-7-21(8-6-20)27(31)29-11-9-25(30)10-12-29/h5-8,15-19,22,25,30H,3-4,9-14H2,1-2H3/t18-,19+,22+/m0/s1. The number of rotatable bonds is 6. The number of amides is 1. The largest absolute Gasteiger partial charge is 0.497 e. The van der Waals surface area contributed by atoms with Crippen LogP contribution in [0.4, 0.5) is 4.39 Å². The molecule has 4 nitrogen and oxygen atoms in total. The molecule has 1 aliphatic heterocycles. The van der Waals surface area contributed by atoms with Crippen molar-refractivity contribution in [1.29, 1.82) is 0 Å². The number of likely N-dealkylation sites (tertiary alicyclic amines) is 1. The van der Waals surface area contributed by atoms with Crippen LogP contribution in [0.5, 0.6) is 5.75 Å². The van der Waals surface area contributed by atoms with Gasteiger partial charge in [-0.2, -0.15) is 0 Å². The topological polar surface area (TPSA) is 49.8 Å². The second-order valence-corrected chi connectivity index (χ2v) is 9.58. The lowest BCUT2D eigenvalue weighted by Crippen LogP contribution is -2.40. The maximum Gasteiger partial charge on any atom is 0.253 e. The van der Waals surface area contributed by atoms with Gasteiger partial charge in [-0.1, -0.05) is 19.1 Å². The van der Waals surface area contributed by atoms with Gasteiger partial charge in [0.2, 0.25) is 0 Å². The predicted octanol–water partition coefficient (Wildman–Crippen LogP) is 5.51. The molecule has 1 aliphatic carbocycles. The molecule has 3 atom stereocenters. The van der Waals surface area contributed by atoms with Crippen LogP contribution in [-0.2, 0) is 0 Å². The van der Waals surface area contributed by atoms with E-state index in [9.17, 15) is 14.3 Å². The lowest BCUT2D eigenvalue weighted by molar-refractivity contribution is 0.0546. The normalized spacial score (nSPS) is 22.7. The van der Waals surface area contributed by atoms with E-state index >= 15 is 0 Å². The van der Waals surface area contributed by atoms with E-state index in [0.717, 1.165) is 30.4 Å². The summed E-state index contributed by atoms with van der Waals surface area (Å²) in [6.45, 7) is 3.42. The SMILES string of the molecule is COc1cc(F)cc([C@@H](C)C[C@H]2CC[C@@H](c3ccc(C(=O)N4CCC(O)CC4)cc3)C2)c1. The summed E-state index contributed by atoms with van der Waals surface area (Å²) in [5, 5.41) is 9.65. The molecule has 172 valence electrons. The maximum atomic E-state index is 13.9. The molecule has 0 aromatic heterocycles. The number of methoxy groups -OCH3 is 1. The highest BCUT2D eigenvalue weighted by molar-refractivity contribution is 5.94. The molecule has 0 spiro atoms. The third-order valence-electron chi connectivity index (χ3n) is 7.31. The van der Waals surface area contributed by atoms with Crippen LogP contribution < -0.4 is 4.74 Å². The Bertz CT molecular complexity index is 921. The highest BCUT2D eigenvalue weighted by Gasteiger charge is 2.28. The van der Waals surface area contributed by atoms with E-state index in [0.29, 0.717) is 43.5 Å². The first-order valence-electron chi connectivity index (χ1n) is 11.8. The number of benzene rings is 2. The molecule has 1 N–H and O–H groups in total. The van der Waals surface area contributed by atoms with Gasteiger partial charge in [0.05, 0.1) is 13.2 Å². The molecule has 1 heterocycles. The minimum Gasteiger partial charge on any atom is -0.497 e. The van der Waals surface area contributed by atoms with E-state index in [1.807, 2.05) is 23.1 Å². The summed E-state index contributed by atoms with van der Waals surface area (Å²) in [5.41, 5.74) is 3.03. The Morgan fingerprint density at radius 2 is 1.84 bits per heavy atom. The molecule has 2 aromatic rings. The van der Waals surface area contributed by atoms with Gasteiger partial charge in [0.1, 0.15) is 11.6 Å². The van der Waals surface area contributed by atoms with Crippen molar-refractivity contribution >= 4 is 5.91 Å². The number of aliphatic hydroxyl groups is 1. The summed E-state index contributed by atoms with van der Waals surface area (Å²) in [6, 6.07) is 13.1. The summed E-state index contributed by atoms with van der Waals surface area (Å²) in [7, 11) is 1.57. The second kappa shape index (κ2) is 10.0. The molecule has 32 heavy (non-hydrogen) atoms. The van der Waals surface area contributed by atoms with Crippen LogP contribution in [0.25, 0.3) is 0 Å². The second-order valence-electron chi connectivity index (χ2n) is 9.58. The van der Waals surface area contributed by atoms with Gasteiger partial charge in [0.15, 0.2) is 0 Å². The average Bonchev–Trinajstić information content (AvgIpc) is 3.27. The van der Waals surface area contributed by atoms with Crippen molar-refractivity contribution in [1.82, 2.24) is 4.90 Å². The number of carbonyl (C=O) groups is 1. The quantitative estimate of drug-likeness (QED) is 0.646. The van der Waals surface area contributed by atoms with Crippen molar-refractivity contribution in [2.75, 3.05) is 20.2 Å². The lowest BCUT2D eigenvalue weighted by Gasteiger charge is -2.29. The molecule has 1 saturated carbocycles. The fourth-order valence-electron chi connectivity index (χ4n) is 5.36. The van der Waals surface area contributed by atoms with Crippen LogP contribution in [0.2, 0.25) is 0 Å². The third-order valence-corrected chi connectivity index (χ3v) is 7.31. The van der Waals surface area contributed by atoms with Gasteiger partial charge in [0.25, 0.3) is 5.91 Å². The Morgan fingerprint density at radius 1 is 1.12 bits per heavy atom. The van der Waals surface area contributed by atoms with E-state index in [-0.39, 0.29) is 23.7 Å². The maximum absolute atomic E-state index is 13.9. The van der Waals surface area contributed by atoms with Crippen molar-refractivity contribution < 1.29 is 19.0 Å². The zero-order chi connectivity index (χ0) is 22.7. The van der Waals surface area contributed by atoms with E-state index in [4.69, 9.17) is 4.74 Å². The zero-order valence-corrected chi connectivity index (χ0v) is 19.1. The minimum atomic E-state index is -0.276. The van der Waals surface area contributed by atoms with Gasteiger partial charge in [-0.25, -0.2) is 4.39 Å². The molecule has 0 unspecified atom stereocenters. The van der Waals surface area contributed by atoms with Gasteiger partial charge < -0.3 is 14.7 Å². The molecule has 2 fully saturated rings. The van der Waals surface area contributed by atoms with Gasteiger partial charge in [0, 0.05) is 24.7 Å². The van der Waals surface area contributed by atoms with Gasteiger partial charge in [-0.15, -0.1) is 0 Å². The molecule has 1 amide bonds. The Balaban J connectivity index is 1.33. The molecule has 0 bridgehead atoms. The van der Waals surface area contributed by atoms with Gasteiger partial charge >= 0.3 is 0 Å². The summed E-state index contributed by atoms with van der Waals surface area (Å²) in [4.78, 5) is 14.6. The fourth-order valence-corrected chi connectivity index (χ4v) is 5.36. The molecule has 0 radical (unpaired) electrons. The lowest BCUT2D eigenvalue weighted by atomic mass is 9.88. The summed E-state index contributed by atoms with van der Waals surface area (Å²) in [6.07, 6.45) is 5.55. The van der Waals surface area contributed by atoms with Crippen molar-refractivity contribution in [3.63, 3.8) is 0 Å². The minimum absolute atomic E-state index is 0.0621. The Morgan fingerprint density at radius 3 is 2.53 bits per heavy atom. The molecular formula is C27H34FNO3. The number of nitrogens with zero attached hydrogens (tertiary/aromatic N) is 1. The van der Waals surface area contributed by atoms with Crippen LogP contribution in [0.1, 0.15) is 78.8 Å². The number of carbonyl (C=O) groups excluding carboxylic acids is 1. The molecule has 4 rings (SSSR count). The molecule has 2 aromatic carbocycles. The molecular weight excluding hydrogens is 405 g/mol. The first kappa shape index (κ1) is 22.8. The predicted molar refractivity (Wildman–Crippen MR) is 124 cm³/mol. The van der Waals surface area contributed by atoms with Crippen molar-refractivity contribution in [3.8, 4) is 5.75 Å². The number of aliphatic hydroxyl groups excluding tert-OH is 1. The molecule has 2 aliphatic rings. The van der Waals surface area contributed by atoms with Crippen LogP contribution >= 0.6 is 0 Å². The molecule has 5 heteroatoms. The van der Waals surface area contributed by atoms with Crippen LogP contribution in [0.15, 0.2) is 42.5 Å². The van der Waals surface area contributed by atoms with Gasteiger partial charge in [-0.3, -0.25) is 4.79 Å². The monoisotopic (exact) mass is 439 g/mol. The third kappa shape index (κ3) is 5.32. The first-order valence-corrected chi connectivity index (χ1v) is 11.8. The number of hydrogen-bond acceptors (Lipinski definition) is 3. The van der Waals surface area contributed by atoms with E-state index in [2.05, 4.69) is 19.1 Å². The smallest absolute Gasteiger partial charge is 0.253 e. The summed E-state index contributed by atoms with van der Waals surface area (Å²) in [5.74, 6) is 1.81. The summed E-state index contributed by atoms with van der Waals surface area (Å²) >= 11 is 0. The molecule has 1 saturated heterocycles. The Hall–Kier alpha value is -2.40. The van der Waals surface area contributed by atoms with E-state index in [1.165, 1.54) is 18.1 Å².